The Morgan fingerprint density at radius 3 is 2.56 bits per heavy atom. The first kappa shape index (κ1) is 10.6. The van der Waals surface area contributed by atoms with Crippen molar-refractivity contribution in [3.63, 3.8) is 0 Å². The van der Waals surface area contributed by atoms with Gasteiger partial charge in [0.15, 0.2) is 0 Å². The summed E-state index contributed by atoms with van der Waals surface area (Å²) >= 11 is 0. The van der Waals surface area contributed by atoms with Gasteiger partial charge < -0.3 is 0 Å². The summed E-state index contributed by atoms with van der Waals surface area (Å²) in [6.07, 6.45) is 5.20. The van der Waals surface area contributed by atoms with Gasteiger partial charge in [-0.05, 0) is 37.0 Å². The molecule has 0 amide bonds. The van der Waals surface area contributed by atoms with E-state index in [1.54, 1.807) is 0 Å². The van der Waals surface area contributed by atoms with Crippen LogP contribution in [0, 0.1) is 22.2 Å². The van der Waals surface area contributed by atoms with Crippen molar-refractivity contribution in [1.82, 2.24) is 0 Å². The second-order valence-electron chi connectivity index (χ2n) is 7.09. The minimum atomic E-state index is -0.0669. The van der Waals surface area contributed by atoms with E-state index < -0.39 is 0 Å². The van der Waals surface area contributed by atoms with Crippen molar-refractivity contribution in [3.8, 4) is 0 Å². The molecule has 0 aromatic heterocycles. The van der Waals surface area contributed by atoms with Crippen LogP contribution in [-0.2, 0) is 4.79 Å². The summed E-state index contributed by atoms with van der Waals surface area (Å²) in [6, 6.07) is 0. The van der Waals surface area contributed by atoms with Crippen molar-refractivity contribution < 1.29 is 4.79 Å². The molecule has 1 spiro atoms. The van der Waals surface area contributed by atoms with E-state index >= 15 is 0 Å². The molecule has 0 radical (unpaired) electrons. The molecule has 0 saturated heterocycles. The number of rotatable bonds is 0. The lowest BCUT2D eigenvalue weighted by molar-refractivity contribution is -0.157. The molecule has 3 aliphatic rings. The summed E-state index contributed by atoms with van der Waals surface area (Å²) in [5.41, 5.74) is 1.93. The van der Waals surface area contributed by atoms with Gasteiger partial charge in [-0.2, -0.15) is 0 Å². The Hall–Kier alpha value is -0.590. The number of carbonyl (C=O) groups is 1. The van der Waals surface area contributed by atoms with E-state index in [1.807, 2.05) is 0 Å². The minimum absolute atomic E-state index is 0.0669. The van der Waals surface area contributed by atoms with Crippen molar-refractivity contribution in [2.24, 2.45) is 22.2 Å². The van der Waals surface area contributed by atoms with E-state index in [-0.39, 0.29) is 10.8 Å². The van der Waals surface area contributed by atoms with E-state index in [0.717, 1.165) is 19.3 Å². The van der Waals surface area contributed by atoms with Crippen LogP contribution in [0.25, 0.3) is 0 Å². The zero-order chi connectivity index (χ0) is 11.8. The molecule has 3 aliphatic carbocycles. The standard InChI is InChI=1S/C15H22O/c1-10-5-6-12(16)14(4)8-7-11-13(2,3)9-15(10,11)14/h11H,1,5-9H2,2-4H3/t11-,14-,15-/m0/s1. The summed E-state index contributed by atoms with van der Waals surface area (Å²) in [5, 5.41) is 0. The maximum Gasteiger partial charge on any atom is 0.139 e. The summed E-state index contributed by atoms with van der Waals surface area (Å²) in [6.45, 7) is 11.3. The summed E-state index contributed by atoms with van der Waals surface area (Å²) in [5.74, 6) is 1.22. The molecule has 0 heterocycles. The smallest absolute Gasteiger partial charge is 0.139 e. The van der Waals surface area contributed by atoms with Gasteiger partial charge in [0.05, 0.1) is 0 Å². The zero-order valence-corrected chi connectivity index (χ0v) is 10.7. The molecule has 88 valence electrons. The lowest BCUT2D eigenvalue weighted by Gasteiger charge is -2.65. The molecule has 3 fully saturated rings. The number of ketones is 1. The molecule has 16 heavy (non-hydrogen) atoms. The van der Waals surface area contributed by atoms with Crippen LogP contribution in [0.1, 0.15) is 52.9 Å². The highest BCUT2D eigenvalue weighted by atomic mass is 16.1. The van der Waals surface area contributed by atoms with Crippen molar-refractivity contribution >= 4 is 5.78 Å². The number of allylic oxidation sites excluding steroid dienone is 1. The highest BCUT2D eigenvalue weighted by Gasteiger charge is 2.72. The van der Waals surface area contributed by atoms with Crippen LogP contribution in [0.4, 0.5) is 0 Å². The van der Waals surface area contributed by atoms with Crippen LogP contribution >= 0.6 is 0 Å². The van der Waals surface area contributed by atoms with Crippen LogP contribution in [0.15, 0.2) is 12.2 Å². The molecule has 0 unspecified atom stereocenters. The third-order valence-corrected chi connectivity index (χ3v) is 6.09. The predicted molar refractivity (Wildman–Crippen MR) is 65.0 cm³/mol. The monoisotopic (exact) mass is 218 g/mol. The first-order chi connectivity index (χ1) is 7.34. The third kappa shape index (κ3) is 0.846. The van der Waals surface area contributed by atoms with Gasteiger partial charge in [0.2, 0.25) is 0 Å². The second kappa shape index (κ2) is 2.63. The van der Waals surface area contributed by atoms with Crippen LogP contribution in [0.2, 0.25) is 0 Å². The summed E-state index contributed by atoms with van der Waals surface area (Å²) in [7, 11) is 0. The van der Waals surface area contributed by atoms with Gasteiger partial charge in [-0.25, -0.2) is 0 Å². The largest absolute Gasteiger partial charge is 0.299 e. The minimum Gasteiger partial charge on any atom is -0.299 e. The molecule has 3 saturated carbocycles. The number of hydrogen-bond donors (Lipinski definition) is 0. The molecule has 3 rings (SSSR count). The average Bonchev–Trinajstić information content (AvgIpc) is 2.45. The lowest BCUT2D eigenvalue weighted by Crippen LogP contribution is -2.61. The fourth-order valence-corrected chi connectivity index (χ4v) is 5.29. The van der Waals surface area contributed by atoms with Gasteiger partial charge in [0, 0.05) is 17.3 Å². The van der Waals surface area contributed by atoms with E-state index in [0.29, 0.717) is 17.1 Å². The van der Waals surface area contributed by atoms with Gasteiger partial charge in [0.25, 0.3) is 0 Å². The van der Waals surface area contributed by atoms with E-state index in [4.69, 9.17) is 0 Å². The molecular formula is C15H22O. The molecule has 0 aliphatic heterocycles. The topological polar surface area (TPSA) is 17.1 Å². The Labute approximate surface area is 98.3 Å². The van der Waals surface area contributed by atoms with E-state index in [2.05, 4.69) is 27.4 Å². The van der Waals surface area contributed by atoms with Crippen molar-refractivity contribution in [2.45, 2.75) is 52.9 Å². The number of Topliss-reactive ketones (excluding diaryl/α,β-unsaturated/α-hetero) is 1. The Kier molecular flexibility index (Phi) is 1.73. The molecule has 1 heteroatoms. The summed E-state index contributed by atoms with van der Waals surface area (Å²) < 4.78 is 0. The third-order valence-electron chi connectivity index (χ3n) is 6.09. The quantitative estimate of drug-likeness (QED) is 0.566. The summed E-state index contributed by atoms with van der Waals surface area (Å²) in [4.78, 5) is 12.3. The molecular weight excluding hydrogens is 196 g/mol. The maximum atomic E-state index is 12.3. The molecule has 3 atom stereocenters. The molecule has 0 aromatic carbocycles. The molecule has 0 N–H and O–H groups in total. The lowest BCUT2D eigenvalue weighted by atomic mass is 9.38. The van der Waals surface area contributed by atoms with Gasteiger partial charge >= 0.3 is 0 Å². The van der Waals surface area contributed by atoms with Gasteiger partial charge in [-0.1, -0.05) is 32.9 Å². The van der Waals surface area contributed by atoms with Crippen molar-refractivity contribution in [2.75, 3.05) is 0 Å². The SMILES string of the molecule is C=C1CCC(=O)[C@]2(C)CC[C@H]3C(C)(C)C[C@]132. The van der Waals surface area contributed by atoms with Crippen molar-refractivity contribution in [3.05, 3.63) is 12.2 Å². The normalized spacial score (nSPS) is 49.6. The highest BCUT2D eigenvalue weighted by molar-refractivity contribution is 5.88. The molecule has 0 bridgehead atoms. The fraction of sp³-hybridized carbons (Fsp3) is 0.800. The highest BCUT2D eigenvalue weighted by Crippen LogP contribution is 2.78. The Morgan fingerprint density at radius 2 is 1.94 bits per heavy atom. The Morgan fingerprint density at radius 1 is 1.25 bits per heavy atom. The molecule has 1 nitrogen and oxygen atoms in total. The van der Waals surface area contributed by atoms with Crippen LogP contribution in [0.3, 0.4) is 0 Å². The predicted octanol–water partition coefficient (Wildman–Crippen LogP) is 3.74. The van der Waals surface area contributed by atoms with Gasteiger partial charge in [-0.15, -0.1) is 0 Å². The maximum absolute atomic E-state index is 12.3. The number of hydrogen-bond acceptors (Lipinski definition) is 1. The van der Waals surface area contributed by atoms with E-state index in [1.165, 1.54) is 18.4 Å². The average molecular weight is 218 g/mol. The fourth-order valence-electron chi connectivity index (χ4n) is 5.29. The van der Waals surface area contributed by atoms with Crippen molar-refractivity contribution in [1.29, 1.82) is 0 Å². The van der Waals surface area contributed by atoms with Crippen LogP contribution in [0.5, 0.6) is 0 Å². The van der Waals surface area contributed by atoms with E-state index in [9.17, 15) is 4.79 Å². The number of carbonyl (C=O) groups excluding carboxylic acids is 1. The van der Waals surface area contributed by atoms with Gasteiger partial charge in [-0.3, -0.25) is 4.79 Å². The first-order valence-electron chi connectivity index (χ1n) is 6.56. The second-order valence-corrected chi connectivity index (χ2v) is 7.09. The zero-order valence-electron chi connectivity index (χ0n) is 10.7. The Bertz CT molecular complexity index is 392. The van der Waals surface area contributed by atoms with Gasteiger partial charge in [0.1, 0.15) is 5.78 Å². The van der Waals surface area contributed by atoms with Crippen LogP contribution < -0.4 is 0 Å². The van der Waals surface area contributed by atoms with Crippen LogP contribution in [-0.4, -0.2) is 5.78 Å². The molecule has 0 aromatic rings. The Balaban J connectivity index is 2.11. The first-order valence-corrected chi connectivity index (χ1v) is 6.56.